The summed E-state index contributed by atoms with van der Waals surface area (Å²) in [7, 11) is 1.33. The average Bonchev–Trinajstić information content (AvgIpc) is 3.59. The van der Waals surface area contributed by atoms with Crippen molar-refractivity contribution in [1.29, 1.82) is 0 Å². The molecular formula is C31H34F2N8O3. The van der Waals surface area contributed by atoms with Gasteiger partial charge in [-0.05, 0) is 72.6 Å². The van der Waals surface area contributed by atoms with Crippen LogP contribution in [0.1, 0.15) is 49.7 Å². The van der Waals surface area contributed by atoms with E-state index >= 15 is 8.78 Å². The van der Waals surface area contributed by atoms with Crippen LogP contribution in [0.5, 0.6) is 0 Å². The van der Waals surface area contributed by atoms with Gasteiger partial charge in [0.1, 0.15) is 11.6 Å². The molecule has 11 nitrogen and oxygen atoms in total. The van der Waals surface area contributed by atoms with Gasteiger partial charge in [-0.25, -0.2) is 18.6 Å². The molecule has 2 fully saturated rings. The molecule has 2 amide bonds. The van der Waals surface area contributed by atoms with E-state index in [1.165, 1.54) is 23.8 Å². The zero-order valence-electron chi connectivity index (χ0n) is 24.5. The van der Waals surface area contributed by atoms with Crippen LogP contribution in [0, 0.1) is 17.6 Å². The summed E-state index contributed by atoms with van der Waals surface area (Å²) < 4.78 is 36.9. The van der Waals surface area contributed by atoms with Gasteiger partial charge in [0.2, 0.25) is 11.9 Å². The molecule has 3 aromatic heterocycles. The first-order chi connectivity index (χ1) is 21.2. The SMILES string of the molecule is COC(=O)NC1C(C)CC(c2ccncc2Nc2ncc3ccc(-c4c(F)cc(CN5CCCC5=O)cc4F)nn23)CC1N. The van der Waals surface area contributed by atoms with Gasteiger partial charge < -0.3 is 26.0 Å². The van der Waals surface area contributed by atoms with Gasteiger partial charge in [0.05, 0.1) is 42.0 Å². The minimum Gasteiger partial charge on any atom is -0.453 e. The number of nitrogens with two attached hydrogens (primary N) is 1. The maximum atomic E-state index is 15.3. The lowest BCUT2D eigenvalue weighted by Crippen LogP contribution is -2.54. The summed E-state index contributed by atoms with van der Waals surface area (Å²) in [5.74, 6) is -1.02. The van der Waals surface area contributed by atoms with Crippen molar-refractivity contribution in [2.24, 2.45) is 11.7 Å². The molecule has 4 N–H and O–H groups in total. The number of nitrogens with zero attached hydrogens (tertiary/aromatic N) is 5. The van der Waals surface area contributed by atoms with Gasteiger partial charge in [-0.2, -0.15) is 9.61 Å². The van der Waals surface area contributed by atoms with Gasteiger partial charge in [-0.1, -0.05) is 6.92 Å². The lowest BCUT2D eigenvalue weighted by molar-refractivity contribution is -0.128. The summed E-state index contributed by atoms with van der Waals surface area (Å²) in [6.45, 7) is 2.79. The summed E-state index contributed by atoms with van der Waals surface area (Å²) in [4.78, 5) is 34.2. The molecule has 4 atom stereocenters. The molecule has 13 heteroatoms. The highest BCUT2D eigenvalue weighted by Crippen LogP contribution is 2.39. The monoisotopic (exact) mass is 604 g/mol. The topological polar surface area (TPSA) is 140 Å². The van der Waals surface area contributed by atoms with Crippen LogP contribution in [0.2, 0.25) is 0 Å². The molecule has 44 heavy (non-hydrogen) atoms. The summed E-state index contributed by atoms with van der Waals surface area (Å²) >= 11 is 0. The molecule has 0 spiro atoms. The Balaban J connectivity index is 1.25. The second kappa shape index (κ2) is 12.2. The Labute approximate surface area is 252 Å². The van der Waals surface area contributed by atoms with Crippen molar-refractivity contribution in [1.82, 2.24) is 29.8 Å². The lowest BCUT2D eigenvalue weighted by Gasteiger charge is -2.39. The normalized spacial score (nSPS) is 21.9. The van der Waals surface area contributed by atoms with Crippen LogP contribution in [-0.4, -0.2) is 62.2 Å². The number of rotatable bonds is 7. The first-order valence-corrected chi connectivity index (χ1v) is 14.6. The molecule has 1 aromatic carbocycles. The number of benzene rings is 1. The Morgan fingerprint density at radius 3 is 2.66 bits per heavy atom. The van der Waals surface area contributed by atoms with Gasteiger partial charge in [0.15, 0.2) is 0 Å². The molecule has 6 rings (SSSR count). The number of nitrogens with one attached hydrogen (secondary N) is 2. The van der Waals surface area contributed by atoms with Crippen LogP contribution in [0.15, 0.2) is 48.9 Å². The molecule has 1 aliphatic heterocycles. The average molecular weight is 605 g/mol. The number of hydrogen-bond donors (Lipinski definition) is 3. The number of alkyl carbamates (subject to hydrolysis) is 1. The van der Waals surface area contributed by atoms with Crippen molar-refractivity contribution in [2.75, 3.05) is 19.0 Å². The van der Waals surface area contributed by atoms with Crippen LogP contribution < -0.4 is 16.4 Å². The number of ether oxygens (including phenoxy) is 1. The summed E-state index contributed by atoms with van der Waals surface area (Å²) in [5.41, 5.74) is 9.03. The zero-order valence-corrected chi connectivity index (χ0v) is 24.5. The van der Waals surface area contributed by atoms with E-state index in [2.05, 4.69) is 25.7 Å². The fourth-order valence-electron chi connectivity index (χ4n) is 6.43. The highest BCUT2D eigenvalue weighted by molar-refractivity contribution is 5.78. The van der Waals surface area contributed by atoms with Crippen molar-refractivity contribution in [3.63, 3.8) is 0 Å². The Morgan fingerprint density at radius 1 is 1.16 bits per heavy atom. The van der Waals surface area contributed by atoms with Crippen LogP contribution >= 0.6 is 0 Å². The van der Waals surface area contributed by atoms with Crippen molar-refractivity contribution in [3.05, 3.63) is 71.7 Å². The van der Waals surface area contributed by atoms with E-state index in [-0.39, 0.29) is 47.6 Å². The summed E-state index contributed by atoms with van der Waals surface area (Å²) in [6, 6.07) is 7.18. The molecule has 4 aromatic rings. The Bertz CT molecular complexity index is 1680. The number of fused-ring (bicyclic) bond motifs is 1. The highest BCUT2D eigenvalue weighted by atomic mass is 19.1. The second-order valence-corrected chi connectivity index (χ2v) is 11.5. The van der Waals surface area contributed by atoms with Crippen LogP contribution in [0.4, 0.5) is 25.2 Å². The number of methoxy groups -OCH3 is 1. The third kappa shape index (κ3) is 5.79. The fourth-order valence-corrected chi connectivity index (χ4v) is 6.43. The predicted octanol–water partition coefficient (Wildman–Crippen LogP) is 4.50. The standard InChI is InChI=1S/C31H34F2N8O3/c1-17-10-19(13-24(34)29(17)38-31(43)44-2)21-7-8-35-15-26(21)37-30-36-14-20-5-6-25(39-41(20)30)28-22(32)11-18(12-23(28)33)16-40-9-3-4-27(40)42/h5-8,11-12,14-15,17,19,24,29H,3-4,9-10,13,16,34H2,1-2H3,(H,36,37)(H,38,43). The number of anilines is 2. The van der Waals surface area contributed by atoms with Gasteiger partial charge >= 0.3 is 6.09 Å². The quantitative estimate of drug-likeness (QED) is 0.280. The van der Waals surface area contributed by atoms with E-state index < -0.39 is 17.7 Å². The molecule has 1 saturated carbocycles. The number of amides is 2. The number of likely N-dealkylation sites (tertiary alicyclic amines) is 1. The van der Waals surface area contributed by atoms with Crippen molar-refractivity contribution >= 4 is 29.2 Å². The first kappa shape index (κ1) is 29.4. The van der Waals surface area contributed by atoms with Crippen LogP contribution in [0.25, 0.3) is 16.8 Å². The number of halogens is 2. The zero-order chi connectivity index (χ0) is 31.0. The number of imidazole rings is 1. The molecular weight excluding hydrogens is 570 g/mol. The first-order valence-electron chi connectivity index (χ1n) is 14.6. The molecule has 4 heterocycles. The van der Waals surface area contributed by atoms with Crippen molar-refractivity contribution < 1.29 is 23.1 Å². The van der Waals surface area contributed by atoms with Gasteiger partial charge in [-0.15, -0.1) is 0 Å². The van der Waals surface area contributed by atoms with Gasteiger partial charge in [0.25, 0.3) is 0 Å². The predicted molar refractivity (Wildman–Crippen MR) is 159 cm³/mol. The molecule has 2 aliphatic rings. The van der Waals surface area contributed by atoms with Gasteiger partial charge in [-0.3, -0.25) is 9.78 Å². The molecule has 1 aliphatic carbocycles. The molecule has 0 radical (unpaired) electrons. The summed E-state index contributed by atoms with van der Waals surface area (Å²) in [5, 5.41) is 10.7. The van der Waals surface area contributed by atoms with Crippen LogP contribution in [0.3, 0.4) is 0 Å². The maximum absolute atomic E-state index is 15.3. The second-order valence-electron chi connectivity index (χ2n) is 11.5. The van der Waals surface area contributed by atoms with E-state index in [4.69, 9.17) is 10.5 Å². The smallest absolute Gasteiger partial charge is 0.407 e. The minimum absolute atomic E-state index is 0.0143. The largest absolute Gasteiger partial charge is 0.453 e. The Morgan fingerprint density at radius 2 is 1.95 bits per heavy atom. The Hall–Kier alpha value is -4.65. The number of aromatic nitrogens is 4. The van der Waals surface area contributed by atoms with E-state index in [1.54, 1.807) is 35.6 Å². The highest BCUT2D eigenvalue weighted by Gasteiger charge is 2.36. The number of carbonyl (C=O) groups is 2. The Kier molecular flexibility index (Phi) is 8.13. The fraction of sp³-hybridized carbons (Fsp3) is 0.387. The van der Waals surface area contributed by atoms with E-state index in [0.717, 1.165) is 18.4 Å². The van der Waals surface area contributed by atoms with Gasteiger partial charge in [0, 0.05) is 37.8 Å². The minimum atomic E-state index is -0.759. The van der Waals surface area contributed by atoms with E-state index in [1.807, 2.05) is 13.0 Å². The van der Waals surface area contributed by atoms with E-state index in [0.29, 0.717) is 42.1 Å². The molecule has 0 bridgehead atoms. The van der Waals surface area contributed by atoms with Crippen molar-refractivity contribution in [3.8, 4) is 11.3 Å². The molecule has 1 saturated heterocycles. The number of pyridine rings is 1. The lowest BCUT2D eigenvalue weighted by atomic mass is 9.73. The van der Waals surface area contributed by atoms with Crippen LogP contribution in [-0.2, 0) is 16.1 Å². The summed E-state index contributed by atoms with van der Waals surface area (Å²) in [6.07, 6.45) is 7.11. The number of hydrogen-bond acceptors (Lipinski definition) is 8. The number of carbonyl (C=O) groups excluding carboxylic acids is 2. The van der Waals surface area contributed by atoms with Crippen molar-refractivity contribution in [2.45, 2.75) is 57.2 Å². The molecule has 230 valence electrons. The molecule has 4 unspecified atom stereocenters. The third-order valence-electron chi connectivity index (χ3n) is 8.59. The van der Waals surface area contributed by atoms with E-state index in [9.17, 15) is 9.59 Å². The maximum Gasteiger partial charge on any atom is 0.407 e. The third-order valence-corrected chi connectivity index (χ3v) is 8.59.